The van der Waals surface area contributed by atoms with Crippen molar-refractivity contribution in [1.82, 2.24) is 9.88 Å². The van der Waals surface area contributed by atoms with Crippen LogP contribution in [0.2, 0.25) is 0 Å². The summed E-state index contributed by atoms with van der Waals surface area (Å²) in [5, 5.41) is 23.3. The van der Waals surface area contributed by atoms with Crippen molar-refractivity contribution in [2.24, 2.45) is 5.92 Å². The van der Waals surface area contributed by atoms with Crippen LogP contribution in [0.15, 0.2) is 24.3 Å². The Morgan fingerprint density at radius 2 is 2.07 bits per heavy atom. The molecule has 9 nitrogen and oxygen atoms in total. The van der Waals surface area contributed by atoms with Gasteiger partial charge >= 0.3 is 5.97 Å². The van der Waals surface area contributed by atoms with Gasteiger partial charge in [0.05, 0.1) is 16.5 Å². The van der Waals surface area contributed by atoms with Crippen LogP contribution in [0.3, 0.4) is 0 Å². The zero-order chi connectivity index (χ0) is 21.8. The minimum absolute atomic E-state index is 0.0189. The average Bonchev–Trinajstić information content (AvgIpc) is 3.23. The molecule has 3 rings (SSSR count). The predicted octanol–water partition coefficient (Wildman–Crippen LogP) is 3.48. The van der Waals surface area contributed by atoms with Crippen LogP contribution in [0.1, 0.15) is 36.4 Å². The molecule has 0 radical (unpaired) electrons. The Hall–Kier alpha value is -3.11. The van der Waals surface area contributed by atoms with Gasteiger partial charge < -0.3 is 10.4 Å². The van der Waals surface area contributed by atoms with Crippen LogP contribution >= 0.6 is 11.3 Å². The highest BCUT2D eigenvalue weighted by Crippen LogP contribution is 2.31. The molecule has 1 saturated heterocycles. The van der Waals surface area contributed by atoms with E-state index in [-0.39, 0.29) is 17.6 Å². The number of benzene rings is 1. The predicted molar refractivity (Wildman–Crippen MR) is 114 cm³/mol. The Morgan fingerprint density at radius 3 is 2.63 bits per heavy atom. The maximum Gasteiger partial charge on any atom is 0.308 e. The van der Waals surface area contributed by atoms with E-state index in [9.17, 15) is 24.8 Å². The molecule has 0 spiro atoms. The molecule has 2 aromatic rings. The van der Waals surface area contributed by atoms with E-state index < -0.39 is 16.8 Å². The second-order valence-corrected chi connectivity index (χ2v) is 8.22. The van der Waals surface area contributed by atoms with Gasteiger partial charge in [-0.15, -0.1) is 0 Å². The van der Waals surface area contributed by atoms with Gasteiger partial charge in [0.1, 0.15) is 0 Å². The van der Waals surface area contributed by atoms with Crippen molar-refractivity contribution in [2.45, 2.75) is 32.9 Å². The number of nitro groups is 1. The van der Waals surface area contributed by atoms with Gasteiger partial charge in [-0.05, 0) is 43.7 Å². The number of rotatable bonds is 7. The number of hydrogen-bond acceptors (Lipinski definition) is 7. The van der Waals surface area contributed by atoms with Gasteiger partial charge in [0.2, 0.25) is 5.91 Å². The van der Waals surface area contributed by atoms with Gasteiger partial charge in [-0.25, -0.2) is 4.98 Å². The molecule has 0 aliphatic carbocycles. The monoisotopic (exact) mass is 430 g/mol. The Labute approximate surface area is 177 Å². The molecule has 1 aliphatic rings. The first kappa shape index (κ1) is 21.6. The van der Waals surface area contributed by atoms with Crippen LogP contribution in [0.25, 0.3) is 12.2 Å². The number of carboxylic acids is 1. The number of aromatic nitrogens is 1. The fourth-order valence-electron chi connectivity index (χ4n) is 3.43. The first-order valence-electron chi connectivity index (χ1n) is 9.41. The van der Waals surface area contributed by atoms with Crippen LogP contribution in [0.5, 0.6) is 0 Å². The molecule has 1 fully saturated rings. The summed E-state index contributed by atoms with van der Waals surface area (Å²) in [4.78, 5) is 40.6. The number of carbonyl (C=O) groups excluding carboxylic acids is 1. The number of thiazole rings is 1. The highest BCUT2D eigenvalue weighted by Gasteiger charge is 2.36. The number of anilines is 1. The first-order chi connectivity index (χ1) is 14.2. The van der Waals surface area contributed by atoms with Gasteiger partial charge in [-0.1, -0.05) is 17.4 Å². The Morgan fingerprint density at radius 1 is 1.37 bits per heavy atom. The number of carbonyl (C=O) groups is 2. The minimum Gasteiger partial charge on any atom is -0.481 e. The summed E-state index contributed by atoms with van der Waals surface area (Å²) in [7, 11) is 0. The molecule has 10 heteroatoms. The topological polar surface area (TPSA) is 126 Å². The number of carboxylic acid groups (broad SMARTS) is 1. The zero-order valence-corrected chi connectivity index (χ0v) is 17.4. The van der Waals surface area contributed by atoms with E-state index in [1.54, 1.807) is 24.3 Å². The van der Waals surface area contributed by atoms with E-state index in [1.165, 1.54) is 30.4 Å². The molecule has 1 aromatic heterocycles. The quantitative estimate of drug-likeness (QED) is 0.509. The average molecular weight is 430 g/mol. The second-order valence-electron chi connectivity index (χ2n) is 7.14. The molecule has 1 amide bonds. The lowest BCUT2D eigenvalue weighted by Gasteiger charge is -2.22. The molecule has 1 unspecified atom stereocenters. The van der Waals surface area contributed by atoms with E-state index >= 15 is 0 Å². The summed E-state index contributed by atoms with van der Waals surface area (Å²) < 4.78 is 0. The second kappa shape index (κ2) is 9.14. The molecule has 0 saturated carbocycles. The summed E-state index contributed by atoms with van der Waals surface area (Å²) in [5.74, 6) is -1.40. The number of hydrogen-bond donors (Lipinski definition) is 2. The third-order valence-electron chi connectivity index (χ3n) is 5.10. The van der Waals surface area contributed by atoms with Crippen LogP contribution in [0.4, 0.5) is 10.8 Å². The Kier molecular flexibility index (Phi) is 6.58. The maximum absolute atomic E-state index is 11.4. The Balaban J connectivity index is 1.82. The van der Waals surface area contributed by atoms with E-state index in [4.69, 9.17) is 0 Å². The Bertz CT molecular complexity index is 986. The molecule has 2 heterocycles. The molecule has 158 valence electrons. The van der Waals surface area contributed by atoms with Crippen molar-refractivity contribution in [2.75, 3.05) is 11.9 Å². The van der Waals surface area contributed by atoms with Gasteiger partial charge in [0.25, 0.3) is 5.69 Å². The largest absolute Gasteiger partial charge is 0.481 e. The van der Waals surface area contributed by atoms with Gasteiger partial charge in [0, 0.05) is 36.5 Å². The molecule has 2 atom stereocenters. The number of non-ortho nitro benzene ring substituents is 1. The highest BCUT2D eigenvalue weighted by atomic mass is 32.1. The molecular formula is C20H22N4O5S. The number of nitrogens with zero attached hydrogens (tertiary/aromatic N) is 3. The summed E-state index contributed by atoms with van der Waals surface area (Å²) in [6, 6.07) is 6.07. The zero-order valence-electron chi connectivity index (χ0n) is 16.6. The molecular weight excluding hydrogens is 408 g/mol. The standard InChI is InChI=1S/C20H22N4O5S/c1-12-16(19(26)27)9-10-23(12)11-18-17(22-20(30-18)21-13(2)25)8-5-14-3-6-15(7-4-14)24(28)29/h3-8,12,16H,9-11H2,1-2H3,(H,26,27)(H,21,22,25)/t12?,16-/m0/s1. The van der Waals surface area contributed by atoms with Crippen molar-refractivity contribution in [1.29, 1.82) is 0 Å². The maximum atomic E-state index is 11.4. The lowest BCUT2D eigenvalue weighted by Crippen LogP contribution is -2.32. The van der Waals surface area contributed by atoms with Crippen molar-refractivity contribution in [3.63, 3.8) is 0 Å². The van der Waals surface area contributed by atoms with E-state index in [1.807, 2.05) is 6.92 Å². The summed E-state index contributed by atoms with van der Waals surface area (Å²) in [6.45, 7) is 4.53. The molecule has 0 bridgehead atoms. The number of likely N-dealkylation sites (tertiary alicyclic amines) is 1. The molecule has 1 aliphatic heterocycles. The summed E-state index contributed by atoms with van der Waals surface area (Å²) in [5.41, 5.74) is 1.47. The normalized spacial score (nSPS) is 19.3. The van der Waals surface area contributed by atoms with Crippen LogP contribution in [0, 0.1) is 16.0 Å². The number of nitro benzene ring substituents is 1. The highest BCUT2D eigenvalue weighted by molar-refractivity contribution is 7.16. The van der Waals surface area contributed by atoms with E-state index in [0.717, 1.165) is 10.4 Å². The van der Waals surface area contributed by atoms with Crippen molar-refractivity contribution in [3.05, 3.63) is 50.5 Å². The SMILES string of the molecule is CC(=O)Nc1nc(C=Cc2ccc([N+](=O)[O-])cc2)c(CN2CC[C@H](C(=O)O)C2C)s1. The smallest absolute Gasteiger partial charge is 0.308 e. The summed E-state index contributed by atoms with van der Waals surface area (Å²) in [6.07, 6.45) is 4.20. The van der Waals surface area contributed by atoms with E-state index in [0.29, 0.717) is 30.3 Å². The minimum atomic E-state index is -0.786. The van der Waals surface area contributed by atoms with Crippen LogP contribution in [-0.2, 0) is 16.1 Å². The fraction of sp³-hybridized carbons (Fsp3) is 0.350. The lowest BCUT2D eigenvalue weighted by atomic mass is 10.0. The van der Waals surface area contributed by atoms with Gasteiger partial charge in [0.15, 0.2) is 5.13 Å². The number of nitrogens with one attached hydrogen (secondary N) is 1. The van der Waals surface area contributed by atoms with Crippen LogP contribution < -0.4 is 5.32 Å². The summed E-state index contributed by atoms with van der Waals surface area (Å²) >= 11 is 1.36. The number of amides is 1. The molecule has 2 N–H and O–H groups in total. The first-order valence-corrected chi connectivity index (χ1v) is 10.2. The lowest BCUT2D eigenvalue weighted by molar-refractivity contribution is -0.384. The van der Waals surface area contributed by atoms with Gasteiger partial charge in [-0.3, -0.25) is 24.6 Å². The van der Waals surface area contributed by atoms with Crippen molar-refractivity contribution in [3.8, 4) is 0 Å². The fourth-order valence-corrected chi connectivity index (χ4v) is 4.46. The van der Waals surface area contributed by atoms with Crippen molar-refractivity contribution < 1.29 is 19.6 Å². The number of aliphatic carboxylic acids is 1. The molecule has 1 aromatic carbocycles. The molecule has 30 heavy (non-hydrogen) atoms. The van der Waals surface area contributed by atoms with Crippen molar-refractivity contribution >= 4 is 46.2 Å². The third kappa shape index (κ3) is 5.08. The van der Waals surface area contributed by atoms with Crippen LogP contribution in [-0.4, -0.2) is 44.4 Å². The third-order valence-corrected chi connectivity index (χ3v) is 6.07. The van der Waals surface area contributed by atoms with Gasteiger partial charge in [-0.2, -0.15) is 0 Å². The van der Waals surface area contributed by atoms with E-state index in [2.05, 4.69) is 15.2 Å².